The molecule has 0 aromatic heterocycles. The van der Waals surface area contributed by atoms with Gasteiger partial charge in [-0.05, 0) is 0 Å². The van der Waals surface area contributed by atoms with E-state index in [1.165, 1.54) is 0 Å². The number of carbonyl (C=O) groups excluding carboxylic acids is 1. The molecule has 0 unspecified atom stereocenters. The van der Waals surface area contributed by atoms with Crippen LogP contribution in [0.3, 0.4) is 0 Å². The fraction of sp³-hybridized carbons (Fsp3) is 0.500. The van der Waals surface area contributed by atoms with Crippen LogP contribution in [0.5, 0.6) is 0 Å². The third kappa shape index (κ3) is 3.18. The first-order chi connectivity index (χ1) is 5.25. The summed E-state index contributed by atoms with van der Waals surface area (Å²) >= 11 is 0. The highest BCUT2D eigenvalue weighted by Gasteiger charge is 2.22. The second-order valence-corrected chi connectivity index (χ2v) is 3.49. The third-order valence-corrected chi connectivity index (χ3v) is 1.20. The maximum atomic E-state index is 11.1. The van der Waals surface area contributed by atoms with Crippen LogP contribution in [0.2, 0.25) is 0 Å². The Bertz CT molecular complexity index is 225. The molecule has 2 N–H and O–H groups in total. The Hall–Kier alpha value is -1.32. The van der Waals surface area contributed by atoms with Crippen LogP contribution in [0.15, 0.2) is 12.3 Å². The van der Waals surface area contributed by atoms with Gasteiger partial charge in [0, 0.05) is 5.41 Å². The summed E-state index contributed by atoms with van der Waals surface area (Å²) in [7, 11) is 0. The van der Waals surface area contributed by atoms with Crippen LogP contribution in [0.4, 0.5) is 0 Å². The van der Waals surface area contributed by atoms with Gasteiger partial charge in [-0.2, -0.15) is 0 Å². The lowest BCUT2D eigenvalue weighted by Gasteiger charge is -2.17. The maximum absolute atomic E-state index is 11.1. The van der Waals surface area contributed by atoms with Gasteiger partial charge in [-0.3, -0.25) is 4.79 Å². The monoisotopic (exact) mass is 171 g/mol. The normalized spacial score (nSPS) is 10.6. The minimum absolute atomic E-state index is 0.296. The van der Waals surface area contributed by atoms with Crippen molar-refractivity contribution in [3.05, 3.63) is 12.3 Å². The van der Waals surface area contributed by atoms with Crippen LogP contribution in [-0.4, -0.2) is 17.0 Å². The summed E-state index contributed by atoms with van der Waals surface area (Å²) in [5.74, 6) is -1.57. The zero-order valence-corrected chi connectivity index (χ0v) is 7.47. The van der Waals surface area contributed by atoms with Crippen molar-refractivity contribution in [3.8, 4) is 0 Å². The number of amides is 1. The van der Waals surface area contributed by atoms with Crippen molar-refractivity contribution in [2.45, 2.75) is 20.8 Å². The lowest BCUT2D eigenvalue weighted by Crippen LogP contribution is -2.35. The smallest absolute Gasteiger partial charge is 0.351 e. The van der Waals surface area contributed by atoms with Crippen molar-refractivity contribution in [1.29, 1.82) is 0 Å². The fourth-order valence-electron chi connectivity index (χ4n) is 0.378. The first-order valence-electron chi connectivity index (χ1n) is 3.49. The van der Waals surface area contributed by atoms with Gasteiger partial charge in [0.1, 0.15) is 5.70 Å². The molecule has 0 radical (unpaired) electrons. The molecule has 0 aliphatic carbocycles. The van der Waals surface area contributed by atoms with Crippen molar-refractivity contribution in [2.24, 2.45) is 5.41 Å². The highest BCUT2D eigenvalue weighted by Crippen LogP contribution is 2.12. The minimum atomic E-state index is -1.22. The number of rotatable bonds is 2. The van der Waals surface area contributed by atoms with E-state index in [4.69, 9.17) is 5.11 Å². The molecular weight excluding hydrogens is 158 g/mol. The first-order valence-corrected chi connectivity index (χ1v) is 3.49. The minimum Gasteiger partial charge on any atom is -0.477 e. The molecule has 0 saturated heterocycles. The average Bonchev–Trinajstić information content (AvgIpc) is 1.85. The number of carboxylic acids is 1. The summed E-state index contributed by atoms with van der Waals surface area (Å²) in [5, 5.41) is 10.6. The van der Waals surface area contributed by atoms with Crippen molar-refractivity contribution < 1.29 is 14.7 Å². The number of nitrogens with one attached hydrogen (secondary N) is 1. The molecule has 0 atom stereocenters. The summed E-state index contributed by atoms with van der Waals surface area (Å²) in [4.78, 5) is 21.4. The van der Waals surface area contributed by atoms with Crippen LogP contribution in [0.1, 0.15) is 20.8 Å². The highest BCUT2D eigenvalue weighted by atomic mass is 16.4. The molecule has 12 heavy (non-hydrogen) atoms. The summed E-state index contributed by atoms with van der Waals surface area (Å²) in [6.07, 6.45) is 0. The highest BCUT2D eigenvalue weighted by molar-refractivity contribution is 5.93. The predicted molar refractivity (Wildman–Crippen MR) is 44.4 cm³/mol. The molecule has 1 amide bonds. The van der Waals surface area contributed by atoms with Gasteiger partial charge in [0.25, 0.3) is 0 Å². The van der Waals surface area contributed by atoms with Gasteiger partial charge in [0.2, 0.25) is 5.91 Å². The SMILES string of the molecule is C=C(NC(=O)C(C)(C)C)C(=O)O. The average molecular weight is 171 g/mol. The number of carbonyl (C=O) groups is 2. The van der Waals surface area contributed by atoms with E-state index in [0.717, 1.165) is 0 Å². The molecule has 68 valence electrons. The number of carboxylic acid groups (broad SMARTS) is 1. The van der Waals surface area contributed by atoms with E-state index in [2.05, 4.69) is 11.9 Å². The van der Waals surface area contributed by atoms with Crippen LogP contribution < -0.4 is 5.32 Å². The Morgan fingerprint density at radius 1 is 1.33 bits per heavy atom. The summed E-state index contributed by atoms with van der Waals surface area (Å²) < 4.78 is 0. The van der Waals surface area contributed by atoms with Crippen LogP contribution >= 0.6 is 0 Å². The second-order valence-electron chi connectivity index (χ2n) is 3.49. The maximum Gasteiger partial charge on any atom is 0.351 e. The summed E-state index contributed by atoms with van der Waals surface area (Å²) in [6, 6.07) is 0. The Morgan fingerprint density at radius 2 is 1.75 bits per heavy atom. The molecule has 0 aromatic carbocycles. The van der Waals surface area contributed by atoms with E-state index in [1.54, 1.807) is 20.8 Å². The van der Waals surface area contributed by atoms with Gasteiger partial charge in [-0.25, -0.2) is 4.79 Å². The lowest BCUT2D eigenvalue weighted by atomic mass is 9.95. The van der Waals surface area contributed by atoms with Gasteiger partial charge < -0.3 is 10.4 Å². The quantitative estimate of drug-likeness (QED) is 0.602. The Labute approximate surface area is 71.3 Å². The summed E-state index contributed by atoms with van der Waals surface area (Å²) in [6.45, 7) is 8.25. The molecule has 0 heterocycles. The van der Waals surface area contributed by atoms with Gasteiger partial charge in [0.15, 0.2) is 0 Å². The molecule has 4 nitrogen and oxygen atoms in total. The van der Waals surface area contributed by atoms with Gasteiger partial charge in [0.05, 0.1) is 0 Å². The Morgan fingerprint density at radius 3 is 2.00 bits per heavy atom. The largest absolute Gasteiger partial charge is 0.477 e. The van der Waals surface area contributed by atoms with Crippen molar-refractivity contribution >= 4 is 11.9 Å². The molecule has 0 aliphatic heterocycles. The van der Waals surface area contributed by atoms with Gasteiger partial charge in [-0.15, -0.1) is 0 Å². The molecule has 0 aliphatic rings. The first kappa shape index (κ1) is 10.7. The molecule has 0 aromatic rings. The standard InChI is InChI=1S/C8H13NO3/c1-5(6(10)11)9-7(12)8(2,3)4/h1H2,2-4H3,(H,9,12)(H,10,11). The topological polar surface area (TPSA) is 66.4 Å². The van der Waals surface area contributed by atoms with E-state index in [1.807, 2.05) is 0 Å². The third-order valence-electron chi connectivity index (χ3n) is 1.20. The zero-order chi connectivity index (χ0) is 9.94. The molecule has 0 saturated carbocycles. The second kappa shape index (κ2) is 3.38. The zero-order valence-electron chi connectivity index (χ0n) is 7.47. The molecule has 0 fully saturated rings. The lowest BCUT2D eigenvalue weighted by molar-refractivity contribution is -0.136. The van der Waals surface area contributed by atoms with Crippen LogP contribution in [0, 0.1) is 5.41 Å². The van der Waals surface area contributed by atoms with Crippen molar-refractivity contribution in [1.82, 2.24) is 5.32 Å². The molecule has 0 rings (SSSR count). The summed E-state index contributed by atoms with van der Waals surface area (Å²) in [5.41, 5.74) is -0.895. The van der Waals surface area contributed by atoms with E-state index < -0.39 is 11.4 Å². The van der Waals surface area contributed by atoms with E-state index in [-0.39, 0.29) is 11.6 Å². The van der Waals surface area contributed by atoms with Crippen LogP contribution in [-0.2, 0) is 9.59 Å². The fourth-order valence-corrected chi connectivity index (χ4v) is 0.378. The van der Waals surface area contributed by atoms with Gasteiger partial charge in [-0.1, -0.05) is 27.4 Å². The Kier molecular flexibility index (Phi) is 3.01. The van der Waals surface area contributed by atoms with E-state index >= 15 is 0 Å². The predicted octanol–water partition coefficient (Wildman–Crippen LogP) is 0.747. The number of hydrogen-bond acceptors (Lipinski definition) is 2. The molecular formula is C8H13NO3. The van der Waals surface area contributed by atoms with E-state index in [0.29, 0.717) is 0 Å². The van der Waals surface area contributed by atoms with Gasteiger partial charge >= 0.3 is 5.97 Å². The Balaban J connectivity index is 4.21. The number of aliphatic carboxylic acids is 1. The molecule has 0 bridgehead atoms. The number of hydrogen-bond donors (Lipinski definition) is 2. The molecule has 4 heteroatoms. The van der Waals surface area contributed by atoms with Crippen molar-refractivity contribution in [3.63, 3.8) is 0 Å². The van der Waals surface area contributed by atoms with Crippen LogP contribution in [0.25, 0.3) is 0 Å². The van der Waals surface area contributed by atoms with Crippen molar-refractivity contribution in [2.75, 3.05) is 0 Å². The molecule has 0 spiro atoms. The van der Waals surface area contributed by atoms with E-state index in [9.17, 15) is 9.59 Å².